The minimum Gasteiger partial charge on any atom is -0.359 e. The second-order valence-electron chi connectivity index (χ2n) is 3.92. The number of amides is 1. The molecule has 1 aromatic rings. The number of hydrogen-bond acceptors (Lipinski definition) is 4. The SMILES string of the molecule is CNC(=O)Cc1noc(C[C@H]2C=CCC2)n1. The summed E-state index contributed by atoms with van der Waals surface area (Å²) >= 11 is 0. The molecule has 0 fully saturated rings. The Morgan fingerprint density at radius 1 is 1.69 bits per heavy atom. The van der Waals surface area contributed by atoms with Crippen LogP contribution >= 0.6 is 0 Å². The number of hydrogen-bond donors (Lipinski definition) is 1. The van der Waals surface area contributed by atoms with Gasteiger partial charge in [-0.3, -0.25) is 4.79 Å². The maximum Gasteiger partial charge on any atom is 0.227 e. The minimum absolute atomic E-state index is 0.104. The molecule has 1 heterocycles. The first-order chi connectivity index (χ1) is 7.78. The van der Waals surface area contributed by atoms with Crippen molar-refractivity contribution in [3.05, 3.63) is 23.9 Å². The van der Waals surface area contributed by atoms with Gasteiger partial charge >= 0.3 is 0 Å². The molecule has 0 saturated carbocycles. The zero-order chi connectivity index (χ0) is 11.4. The molecule has 0 radical (unpaired) electrons. The van der Waals surface area contributed by atoms with Crippen molar-refractivity contribution >= 4 is 5.91 Å². The number of likely N-dealkylation sites (N-methyl/N-ethyl adjacent to an activating group) is 1. The number of nitrogens with one attached hydrogen (secondary N) is 1. The Morgan fingerprint density at radius 2 is 2.56 bits per heavy atom. The van der Waals surface area contributed by atoms with Gasteiger partial charge in [0.15, 0.2) is 5.82 Å². The molecule has 0 spiro atoms. The van der Waals surface area contributed by atoms with E-state index < -0.39 is 0 Å². The molecule has 5 heteroatoms. The zero-order valence-electron chi connectivity index (χ0n) is 9.27. The van der Waals surface area contributed by atoms with Gasteiger partial charge in [0.25, 0.3) is 0 Å². The van der Waals surface area contributed by atoms with Crippen molar-refractivity contribution in [3.63, 3.8) is 0 Å². The fourth-order valence-electron chi connectivity index (χ4n) is 1.77. The Morgan fingerprint density at radius 3 is 3.25 bits per heavy atom. The molecule has 1 aromatic heterocycles. The predicted octanol–water partition coefficient (Wildman–Crippen LogP) is 0.867. The Bertz CT molecular complexity index is 398. The largest absolute Gasteiger partial charge is 0.359 e. The van der Waals surface area contributed by atoms with E-state index in [2.05, 4.69) is 27.6 Å². The van der Waals surface area contributed by atoms with Crippen molar-refractivity contribution in [3.8, 4) is 0 Å². The van der Waals surface area contributed by atoms with Crippen LogP contribution in [-0.4, -0.2) is 23.1 Å². The molecule has 0 aromatic carbocycles. The molecule has 1 aliphatic carbocycles. The molecule has 16 heavy (non-hydrogen) atoms. The molecule has 1 atom stereocenters. The molecule has 0 bridgehead atoms. The standard InChI is InChI=1S/C11H15N3O2/c1-12-10(15)7-9-13-11(16-14-9)6-8-4-2-3-5-8/h2,4,8H,3,5-7H2,1H3,(H,12,15)/t8-/m0/s1. The average molecular weight is 221 g/mol. The first kappa shape index (κ1) is 10.9. The van der Waals surface area contributed by atoms with Crippen LogP contribution in [0.25, 0.3) is 0 Å². The summed E-state index contributed by atoms with van der Waals surface area (Å²) in [7, 11) is 1.59. The van der Waals surface area contributed by atoms with E-state index in [1.54, 1.807) is 7.05 Å². The molecular weight excluding hydrogens is 206 g/mol. The lowest BCUT2D eigenvalue weighted by Gasteiger charge is -2.00. The lowest BCUT2D eigenvalue weighted by atomic mass is 10.1. The van der Waals surface area contributed by atoms with Gasteiger partial charge in [-0.15, -0.1) is 0 Å². The maximum atomic E-state index is 11.1. The van der Waals surface area contributed by atoms with Crippen LogP contribution in [-0.2, 0) is 17.6 Å². The van der Waals surface area contributed by atoms with E-state index in [4.69, 9.17) is 4.52 Å². The van der Waals surface area contributed by atoms with Crippen LogP contribution in [0.1, 0.15) is 24.6 Å². The number of carbonyl (C=O) groups excluding carboxylic acids is 1. The molecule has 0 saturated heterocycles. The van der Waals surface area contributed by atoms with E-state index in [0.717, 1.165) is 19.3 Å². The molecule has 2 rings (SSSR count). The van der Waals surface area contributed by atoms with Gasteiger partial charge < -0.3 is 9.84 Å². The predicted molar refractivity (Wildman–Crippen MR) is 57.6 cm³/mol. The fraction of sp³-hybridized carbons (Fsp3) is 0.545. The second kappa shape index (κ2) is 4.92. The third-order valence-corrected chi connectivity index (χ3v) is 2.66. The summed E-state index contributed by atoms with van der Waals surface area (Å²) in [6.07, 6.45) is 7.59. The average Bonchev–Trinajstić information content (AvgIpc) is 2.91. The molecule has 86 valence electrons. The fourth-order valence-corrected chi connectivity index (χ4v) is 1.77. The van der Waals surface area contributed by atoms with E-state index >= 15 is 0 Å². The molecule has 0 unspecified atom stereocenters. The highest BCUT2D eigenvalue weighted by Crippen LogP contribution is 2.20. The Hall–Kier alpha value is -1.65. The molecule has 1 aliphatic rings. The second-order valence-corrected chi connectivity index (χ2v) is 3.92. The van der Waals surface area contributed by atoms with Crippen molar-refractivity contribution in [2.75, 3.05) is 7.05 Å². The van der Waals surface area contributed by atoms with E-state index in [9.17, 15) is 4.79 Å². The van der Waals surface area contributed by atoms with Gasteiger partial charge in [0, 0.05) is 13.5 Å². The summed E-state index contributed by atoms with van der Waals surface area (Å²) in [4.78, 5) is 15.3. The van der Waals surface area contributed by atoms with Crippen molar-refractivity contribution < 1.29 is 9.32 Å². The van der Waals surface area contributed by atoms with Gasteiger partial charge in [0.05, 0.1) is 6.42 Å². The Kier molecular flexibility index (Phi) is 3.34. The smallest absolute Gasteiger partial charge is 0.227 e. The van der Waals surface area contributed by atoms with Gasteiger partial charge in [0.2, 0.25) is 11.8 Å². The maximum absolute atomic E-state index is 11.1. The zero-order valence-corrected chi connectivity index (χ0v) is 9.27. The van der Waals surface area contributed by atoms with Crippen LogP contribution in [0.4, 0.5) is 0 Å². The van der Waals surface area contributed by atoms with E-state index in [1.807, 2.05) is 0 Å². The van der Waals surface area contributed by atoms with Gasteiger partial charge in [-0.2, -0.15) is 4.98 Å². The topological polar surface area (TPSA) is 68.0 Å². The lowest BCUT2D eigenvalue weighted by molar-refractivity contribution is -0.120. The first-order valence-electron chi connectivity index (χ1n) is 5.46. The molecule has 1 amide bonds. The number of allylic oxidation sites excluding steroid dienone is 2. The van der Waals surface area contributed by atoms with E-state index in [0.29, 0.717) is 17.6 Å². The number of nitrogens with zero attached hydrogens (tertiary/aromatic N) is 2. The molecular formula is C11H15N3O2. The lowest BCUT2D eigenvalue weighted by Crippen LogP contribution is -2.20. The highest BCUT2D eigenvalue weighted by atomic mass is 16.5. The van der Waals surface area contributed by atoms with Crippen LogP contribution in [0.2, 0.25) is 0 Å². The van der Waals surface area contributed by atoms with Crippen molar-refractivity contribution in [2.45, 2.75) is 25.7 Å². The summed E-state index contributed by atoms with van der Waals surface area (Å²) in [5.41, 5.74) is 0. The van der Waals surface area contributed by atoms with Crippen LogP contribution in [0.5, 0.6) is 0 Å². The minimum atomic E-state index is -0.104. The summed E-state index contributed by atoms with van der Waals surface area (Å²) in [5.74, 6) is 1.48. The monoisotopic (exact) mass is 221 g/mol. The highest BCUT2D eigenvalue weighted by molar-refractivity contribution is 5.77. The molecule has 5 nitrogen and oxygen atoms in total. The summed E-state index contributed by atoms with van der Waals surface area (Å²) in [6, 6.07) is 0. The van der Waals surface area contributed by atoms with Crippen molar-refractivity contribution in [1.29, 1.82) is 0 Å². The van der Waals surface area contributed by atoms with Crippen LogP contribution in [0.15, 0.2) is 16.7 Å². The Balaban J connectivity index is 1.91. The molecule has 1 N–H and O–H groups in total. The van der Waals surface area contributed by atoms with Crippen molar-refractivity contribution in [2.24, 2.45) is 5.92 Å². The van der Waals surface area contributed by atoms with Gasteiger partial charge in [-0.05, 0) is 18.8 Å². The third-order valence-electron chi connectivity index (χ3n) is 2.66. The highest BCUT2D eigenvalue weighted by Gasteiger charge is 2.15. The van der Waals surface area contributed by atoms with E-state index in [-0.39, 0.29) is 12.3 Å². The van der Waals surface area contributed by atoms with E-state index in [1.165, 1.54) is 0 Å². The summed E-state index contributed by atoms with van der Waals surface area (Å²) in [5, 5.41) is 6.30. The molecule has 0 aliphatic heterocycles. The Labute approximate surface area is 93.9 Å². The van der Waals surface area contributed by atoms with Crippen LogP contribution in [0, 0.1) is 5.92 Å². The van der Waals surface area contributed by atoms with Gasteiger partial charge in [-0.25, -0.2) is 0 Å². The quantitative estimate of drug-likeness (QED) is 0.766. The van der Waals surface area contributed by atoms with Crippen LogP contribution in [0.3, 0.4) is 0 Å². The number of carbonyl (C=O) groups is 1. The third kappa shape index (κ3) is 2.68. The van der Waals surface area contributed by atoms with Crippen molar-refractivity contribution in [1.82, 2.24) is 15.5 Å². The summed E-state index contributed by atoms with van der Waals surface area (Å²) in [6.45, 7) is 0. The van der Waals surface area contributed by atoms with Gasteiger partial charge in [-0.1, -0.05) is 17.3 Å². The summed E-state index contributed by atoms with van der Waals surface area (Å²) < 4.78 is 5.10. The number of rotatable bonds is 4. The normalized spacial score (nSPS) is 18.9. The number of aromatic nitrogens is 2. The van der Waals surface area contributed by atoms with Crippen LogP contribution < -0.4 is 5.32 Å². The van der Waals surface area contributed by atoms with Gasteiger partial charge in [0.1, 0.15) is 0 Å². The first-order valence-corrected chi connectivity index (χ1v) is 5.46.